The maximum Gasteiger partial charge on any atom is 0.322 e. The van der Waals surface area contributed by atoms with Crippen molar-refractivity contribution in [2.45, 2.75) is 31.2 Å². The molecule has 0 radical (unpaired) electrons. The molecule has 9 heteroatoms. The van der Waals surface area contributed by atoms with Gasteiger partial charge in [0.15, 0.2) is 0 Å². The summed E-state index contributed by atoms with van der Waals surface area (Å²) < 4.78 is 29.7. The average molecular weight is 311 g/mol. The van der Waals surface area contributed by atoms with Crippen LogP contribution in [-0.2, 0) is 24.3 Å². The summed E-state index contributed by atoms with van der Waals surface area (Å²) in [6.45, 7) is 1.66. The number of carbonyl (C=O) groups is 2. The molecule has 0 saturated carbocycles. The number of nitrogens with zero attached hydrogens (tertiary/aromatic N) is 1. The zero-order valence-electron chi connectivity index (χ0n) is 10.7. The highest BCUT2D eigenvalue weighted by Crippen LogP contribution is 2.31. The second-order valence-electron chi connectivity index (χ2n) is 4.11. The lowest BCUT2D eigenvalue weighted by Crippen LogP contribution is -2.45. The molecule has 0 aromatic rings. The van der Waals surface area contributed by atoms with Crippen LogP contribution in [0.15, 0.2) is 0 Å². The lowest BCUT2D eigenvalue weighted by Gasteiger charge is -2.24. The molecule has 0 aliphatic carbocycles. The van der Waals surface area contributed by atoms with Crippen molar-refractivity contribution in [3.8, 4) is 0 Å². The molecule has 1 fully saturated rings. The molecule has 1 rings (SSSR count). The number of esters is 1. The number of hydrogen-bond acceptors (Lipinski definition) is 6. The summed E-state index contributed by atoms with van der Waals surface area (Å²) in [7, 11) is -2.45. The van der Waals surface area contributed by atoms with Crippen LogP contribution in [0.1, 0.15) is 19.8 Å². The summed E-state index contributed by atoms with van der Waals surface area (Å²) in [5, 5.41) is 8.62. The van der Waals surface area contributed by atoms with E-state index >= 15 is 0 Å². The first-order chi connectivity index (χ1) is 8.79. The number of thioether (sulfide) groups is 1. The SMILES string of the molecule is COC(=O)CCCS(=O)(=O)N1C(C)SCC1C(=O)O. The zero-order valence-corrected chi connectivity index (χ0v) is 12.4. The van der Waals surface area contributed by atoms with Crippen molar-refractivity contribution in [3.05, 3.63) is 0 Å². The maximum atomic E-state index is 12.1. The fourth-order valence-electron chi connectivity index (χ4n) is 1.84. The molecule has 0 bridgehead atoms. The largest absolute Gasteiger partial charge is 0.480 e. The first-order valence-electron chi connectivity index (χ1n) is 5.72. The Hall–Kier alpha value is -0.800. The topological polar surface area (TPSA) is 101 Å². The van der Waals surface area contributed by atoms with Gasteiger partial charge in [-0.05, 0) is 13.3 Å². The highest BCUT2D eigenvalue weighted by Gasteiger charge is 2.43. The molecule has 1 heterocycles. The predicted molar refractivity (Wildman–Crippen MR) is 70.2 cm³/mol. The van der Waals surface area contributed by atoms with Gasteiger partial charge in [-0.15, -0.1) is 11.8 Å². The first-order valence-corrected chi connectivity index (χ1v) is 8.38. The van der Waals surface area contributed by atoms with Crippen LogP contribution in [0.2, 0.25) is 0 Å². The second-order valence-corrected chi connectivity index (χ2v) is 7.45. The maximum absolute atomic E-state index is 12.1. The number of rotatable bonds is 6. The van der Waals surface area contributed by atoms with Gasteiger partial charge in [0.25, 0.3) is 0 Å². The minimum atomic E-state index is -3.68. The summed E-state index contributed by atoms with van der Waals surface area (Å²) in [4.78, 5) is 22.0. The van der Waals surface area contributed by atoms with Crippen molar-refractivity contribution in [3.63, 3.8) is 0 Å². The van der Waals surface area contributed by atoms with Gasteiger partial charge in [-0.25, -0.2) is 8.42 Å². The zero-order chi connectivity index (χ0) is 14.6. The van der Waals surface area contributed by atoms with Crippen LogP contribution in [0.4, 0.5) is 0 Å². The summed E-state index contributed by atoms with van der Waals surface area (Å²) >= 11 is 1.29. The molecule has 1 N–H and O–H groups in total. The fourth-order valence-corrected chi connectivity index (χ4v) is 5.29. The molecular formula is C10H17NO6S2. The lowest BCUT2D eigenvalue weighted by atomic mass is 10.3. The minimum absolute atomic E-state index is 0.00281. The van der Waals surface area contributed by atoms with Crippen LogP contribution in [-0.4, -0.2) is 59.8 Å². The molecule has 2 atom stereocenters. The first kappa shape index (κ1) is 16.3. The standard InChI is InChI=1S/C10H17NO6S2/c1-7-11(8(6-18-7)10(13)14)19(15,16)5-3-4-9(12)17-2/h7-8H,3-6H2,1-2H3,(H,13,14). The summed E-state index contributed by atoms with van der Waals surface area (Å²) in [6, 6.07) is -1.02. The third-order valence-corrected chi connectivity index (χ3v) is 6.15. The van der Waals surface area contributed by atoms with Gasteiger partial charge < -0.3 is 9.84 Å². The molecular weight excluding hydrogens is 294 g/mol. The highest BCUT2D eigenvalue weighted by molar-refractivity contribution is 8.01. The molecule has 0 spiro atoms. The second kappa shape index (κ2) is 6.58. The number of aliphatic carboxylic acids is 1. The van der Waals surface area contributed by atoms with Crippen LogP contribution >= 0.6 is 11.8 Å². The van der Waals surface area contributed by atoms with Gasteiger partial charge in [0, 0.05) is 12.2 Å². The highest BCUT2D eigenvalue weighted by atomic mass is 32.2. The molecule has 0 aromatic heterocycles. The van der Waals surface area contributed by atoms with Crippen LogP contribution < -0.4 is 0 Å². The number of carboxylic acids is 1. The molecule has 2 unspecified atom stereocenters. The summed E-state index contributed by atoms with van der Waals surface area (Å²) in [5.41, 5.74) is 0. The van der Waals surface area contributed by atoms with Crippen LogP contribution in [0, 0.1) is 0 Å². The lowest BCUT2D eigenvalue weighted by molar-refractivity contribution is -0.141. The van der Waals surface area contributed by atoms with E-state index in [4.69, 9.17) is 5.11 Å². The Balaban J connectivity index is 2.69. The van der Waals surface area contributed by atoms with Crippen LogP contribution in [0.25, 0.3) is 0 Å². The summed E-state index contributed by atoms with van der Waals surface area (Å²) in [6.07, 6.45) is 0.123. The Kier molecular flexibility index (Phi) is 5.63. The van der Waals surface area contributed by atoms with Gasteiger partial charge in [-0.3, -0.25) is 9.59 Å². The van der Waals surface area contributed by atoms with E-state index in [1.165, 1.54) is 18.9 Å². The number of ether oxygens (including phenoxy) is 1. The van der Waals surface area contributed by atoms with Gasteiger partial charge in [0.1, 0.15) is 6.04 Å². The third-order valence-electron chi connectivity index (χ3n) is 2.78. The normalized spacial score (nSPS) is 24.3. The van der Waals surface area contributed by atoms with E-state index in [1.54, 1.807) is 6.92 Å². The molecule has 1 saturated heterocycles. The predicted octanol–water partition coefficient (Wildman–Crippen LogP) is 0.117. The number of methoxy groups -OCH3 is 1. The molecule has 110 valence electrons. The van der Waals surface area contributed by atoms with Gasteiger partial charge in [0.05, 0.1) is 18.2 Å². The Morgan fingerprint density at radius 3 is 2.63 bits per heavy atom. The van der Waals surface area contributed by atoms with E-state index in [9.17, 15) is 18.0 Å². The number of carbonyl (C=O) groups excluding carboxylic acids is 1. The van der Waals surface area contributed by atoms with E-state index in [2.05, 4.69) is 4.74 Å². The van der Waals surface area contributed by atoms with Gasteiger partial charge in [0.2, 0.25) is 10.0 Å². The Bertz CT molecular complexity index is 449. The van der Waals surface area contributed by atoms with Crippen molar-refractivity contribution >= 4 is 33.7 Å². The van der Waals surface area contributed by atoms with Gasteiger partial charge in [-0.2, -0.15) is 4.31 Å². The van der Waals surface area contributed by atoms with E-state index in [0.29, 0.717) is 0 Å². The van der Waals surface area contributed by atoms with Crippen molar-refractivity contribution in [1.29, 1.82) is 0 Å². The van der Waals surface area contributed by atoms with Crippen molar-refractivity contribution in [1.82, 2.24) is 4.31 Å². The average Bonchev–Trinajstić information content (AvgIpc) is 2.71. The smallest absolute Gasteiger partial charge is 0.322 e. The number of carboxylic acid groups (broad SMARTS) is 1. The number of sulfonamides is 1. The van der Waals surface area contributed by atoms with Crippen molar-refractivity contribution in [2.75, 3.05) is 18.6 Å². The van der Waals surface area contributed by atoms with Crippen molar-refractivity contribution in [2.24, 2.45) is 0 Å². The quantitative estimate of drug-likeness (QED) is 0.695. The summed E-state index contributed by atoms with van der Waals surface area (Å²) in [5.74, 6) is -1.63. The minimum Gasteiger partial charge on any atom is -0.480 e. The van der Waals surface area contributed by atoms with Crippen LogP contribution in [0.5, 0.6) is 0 Å². The van der Waals surface area contributed by atoms with E-state index in [1.807, 2.05) is 0 Å². The fraction of sp³-hybridized carbons (Fsp3) is 0.800. The Labute approximate surface area is 116 Å². The molecule has 1 aliphatic rings. The van der Waals surface area contributed by atoms with Crippen molar-refractivity contribution < 1.29 is 27.9 Å². The molecule has 0 aromatic carbocycles. The molecule has 0 amide bonds. The van der Waals surface area contributed by atoms with Crippen LogP contribution in [0.3, 0.4) is 0 Å². The van der Waals surface area contributed by atoms with E-state index < -0.39 is 33.4 Å². The molecule has 1 aliphatic heterocycles. The third kappa shape index (κ3) is 4.08. The van der Waals surface area contributed by atoms with E-state index in [-0.39, 0.29) is 24.3 Å². The van der Waals surface area contributed by atoms with Gasteiger partial charge in [-0.1, -0.05) is 0 Å². The molecule has 19 heavy (non-hydrogen) atoms. The van der Waals surface area contributed by atoms with E-state index in [0.717, 1.165) is 4.31 Å². The monoisotopic (exact) mass is 311 g/mol. The molecule has 7 nitrogen and oxygen atoms in total. The Morgan fingerprint density at radius 1 is 1.47 bits per heavy atom. The van der Waals surface area contributed by atoms with Gasteiger partial charge >= 0.3 is 11.9 Å². The number of hydrogen-bond donors (Lipinski definition) is 1. The Morgan fingerprint density at radius 2 is 2.11 bits per heavy atom.